The highest BCUT2D eigenvalue weighted by Crippen LogP contribution is 2.43. The highest BCUT2D eigenvalue weighted by molar-refractivity contribution is 7.47. The van der Waals surface area contributed by atoms with E-state index in [-0.39, 0.29) is 12.8 Å². The zero-order valence-electron chi connectivity index (χ0n) is 35.2. The number of aliphatic hydroxyl groups is 1. The lowest BCUT2D eigenvalue weighted by atomic mass is 10.1. The number of aliphatic hydroxyl groups excluding tert-OH is 1. The van der Waals surface area contributed by atoms with Gasteiger partial charge in [0.05, 0.1) is 13.2 Å². The van der Waals surface area contributed by atoms with E-state index in [0.29, 0.717) is 12.8 Å². The van der Waals surface area contributed by atoms with Crippen molar-refractivity contribution in [1.82, 2.24) is 5.32 Å². The highest BCUT2D eigenvalue weighted by Gasteiger charge is 2.28. The Kier molecular flexibility index (Phi) is 37.9. The van der Waals surface area contributed by atoms with E-state index in [1.165, 1.54) is 77.0 Å². The first-order valence-corrected chi connectivity index (χ1v) is 23.5. The Morgan fingerprint density at radius 1 is 0.571 bits per heavy atom. The lowest BCUT2D eigenvalue weighted by Gasteiger charge is -2.18. The Labute approximate surface area is 340 Å². The zero-order valence-corrected chi connectivity index (χ0v) is 36.1. The summed E-state index contributed by atoms with van der Waals surface area (Å²) in [7, 11) is -4.76. The summed E-state index contributed by atoms with van der Waals surface area (Å²) in [5.74, 6) is -2.39. The van der Waals surface area contributed by atoms with Gasteiger partial charge in [0.15, 0.2) is 6.04 Å². The summed E-state index contributed by atoms with van der Waals surface area (Å²) in [6.07, 6.45) is 41.6. The minimum Gasteiger partial charge on any atom is -0.480 e. The van der Waals surface area contributed by atoms with Gasteiger partial charge in [-0.05, 0) is 64.2 Å². The molecule has 11 nitrogen and oxygen atoms in total. The van der Waals surface area contributed by atoms with Crippen molar-refractivity contribution >= 4 is 25.7 Å². The number of unbranched alkanes of at least 4 members (excludes halogenated alkanes) is 21. The lowest BCUT2D eigenvalue weighted by Crippen LogP contribution is -2.43. The molecule has 326 valence electrons. The number of phosphoric acid groups is 1. The number of ether oxygens (including phenoxy) is 1. The fraction of sp³-hybridized carbons (Fsp3) is 0.795. The second-order valence-corrected chi connectivity index (χ2v) is 16.3. The van der Waals surface area contributed by atoms with Crippen LogP contribution in [0.1, 0.15) is 194 Å². The number of phosphoric ester groups is 1. The van der Waals surface area contributed by atoms with E-state index in [1.807, 2.05) is 0 Å². The van der Waals surface area contributed by atoms with E-state index in [0.717, 1.165) is 77.0 Å². The molecular weight excluding hydrogens is 733 g/mol. The molecule has 3 atom stereocenters. The smallest absolute Gasteiger partial charge is 0.472 e. The fourth-order valence-electron chi connectivity index (χ4n) is 5.91. The van der Waals surface area contributed by atoms with Crippen LogP contribution in [0.5, 0.6) is 0 Å². The number of nitrogens with one attached hydrogen (secondary N) is 1. The predicted octanol–water partition coefficient (Wildman–Crippen LogP) is 11.2. The number of aliphatic carboxylic acids is 1. The summed E-state index contributed by atoms with van der Waals surface area (Å²) in [5.41, 5.74) is 0. The third-order valence-corrected chi connectivity index (χ3v) is 10.4. The van der Waals surface area contributed by atoms with Crippen molar-refractivity contribution in [3.63, 3.8) is 0 Å². The van der Waals surface area contributed by atoms with Gasteiger partial charge in [-0.3, -0.25) is 18.6 Å². The summed E-state index contributed by atoms with van der Waals surface area (Å²) < 4.78 is 26.8. The first-order valence-electron chi connectivity index (χ1n) is 22.0. The minimum absolute atomic E-state index is 0.140. The molecule has 0 heterocycles. The summed E-state index contributed by atoms with van der Waals surface area (Å²) in [4.78, 5) is 45.9. The van der Waals surface area contributed by atoms with Crippen LogP contribution in [0.4, 0.5) is 0 Å². The first kappa shape index (κ1) is 53.7. The van der Waals surface area contributed by atoms with E-state index in [2.05, 4.69) is 55.6 Å². The van der Waals surface area contributed by atoms with Crippen molar-refractivity contribution in [2.24, 2.45) is 0 Å². The molecule has 0 aliphatic carbocycles. The number of esters is 1. The molecule has 56 heavy (non-hydrogen) atoms. The van der Waals surface area contributed by atoms with Gasteiger partial charge in [-0.15, -0.1) is 0 Å². The molecule has 0 aromatic carbocycles. The van der Waals surface area contributed by atoms with Gasteiger partial charge in [0.1, 0.15) is 12.7 Å². The van der Waals surface area contributed by atoms with Gasteiger partial charge in [0, 0.05) is 12.8 Å². The maximum Gasteiger partial charge on any atom is 0.472 e. The Bertz CT molecular complexity index is 1100. The SMILES string of the molecule is CCCC/C=C\C/C=C\CCCCCCCC(=O)OCC(O)COP(=O)(O)OCC(NC(=O)CCCCCCCCC/C=C\CCCCCCCCC)C(=O)O. The number of carboxylic acids is 1. The maximum atomic E-state index is 12.3. The van der Waals surface area contributed by atoms with Gasteiger partial charge in [-0.1, -0.05) is 153 Å². The molecule has 0 saturated heterocycles. The van der Waals surface area contributed by atoms with Crippen LogP contribution in [-0.2, 0) is 32.7 Å². The molecule has 0 aromatic heterocycles. The van der Waals surface area contributed by atoms with E-state index in [9.17, 15) is 34.1 Å². The Hall–Kier alpha value is -2.30. The average Bonchev–Trinajstić information content (AvgIpc) is 3.17. The minimum atomic E-state index is -4.76. The molecular formula is C44H80NO10P. The summed E-state index contributed by atoms with van der Waals surface area (Å²) in [6.45, 7) is 2.53. The molecule has 0 bridgehead atoms. The first-order chi connectivity index (χ1) is 27.1. The van der Waals surface area contributed by atoms with Crippen LogP contribution >= 0.6 is 7.82 Å². The Balaban J connectivity index is 3.92. The number of rotatable bonds is 41. The van der Waals surface area contributed by atoms with Crippen molar-refractivity contribution in [3.8, 4) is 0 Å². The van der Waals surface area contributed by atoms with Gasteiger partial charge >= 0.3 is 19.8 Å². The van der Waals surface area contributed by atoms with Crippen molar-refractivity contribution in [3.05, 3.63) is 36.5 Å². The Morgan fingerprint density at radius 3 is 1.52 bits per heavy atom. The average molecular weight is 814 g/mol. The lowest BCUT2D eigenvalue weighted by molar-refractivity contribution is -0.147. The van der Waals surface area contributed by atoms with Crippen molar-refractivity contribution in [2.75, 3.05) is 19.8 Å². The second kappa shape index (κ2) is 39.5. The normalized spacial score (nSPS) is 14.1. The highest BCUT2D eigenvalue weighted by atomic mass is 31.2. The molecule has 0 aliphatic rings. The third kappa shape index (κ3) is 38.6. The molecule has 4 N–H and O–H groups in total. The maximum absolute atomic E-state index is 12.3. The fourth-order valence-corrected chi connectivity index (χ4v) is 6.69. The van der Waals surface area contributed by atoms with Crippen LogP contribution in [0, 0.1) is 0 Å². The second-order valence-electron chi connectivity index (χ2n) is 14.9. The van der Waals surface area contributed by atoms with E-state index < -0.39 is 57.6 Å². The molecule has 0 spiro atoms. The topological polar surface area (TPSA) is 169 Å². The van der Waals surface area contributed by atoms with Gasteiger partial charge in [0.2, 0.25) is 5.91 Å². The monoisotopic (exact) mass is 814 g/mol. The number of carbonyl (C=O) groups excluding carboxylic acids is 2. The molecule has 0 aliphatic heterocycles. The number of allylic oxidation sites excluding steroid dienone is 6. The van der Waals surface area contributed by atoms with Crippen molar-refractivity contribution in [1.29, 1.82) is 0 Å². The van der Waals surface area contributed by atoms with Gasteiger partial charge in [-0.2, -0.15) is 0 Å². The molecule has 0 radical (unpaired) electrons. The van der Waals surface area contributed by atoms with Crippen LogP contribution in [0.15, 0.2) is 36.5 Å². The predicted molar refractivity (Wildman–Crippen MR) is 226 cm³/mol. The quantitative estimate of drug-likeness (QED) is 0.0202. The Morgan fingerprint density at radius 2 is 1.00 bits per heavy atom. The molecule has 12 heteroatoms. The summed E-state index contributed by atoms with van der Waals surface area (Å²) >= 11 is 0. The molecule has 0 saturated carbocycles. The van der Waals surface area contributed by atoms with E-state index in [4.69, 9.17) is 13.8 Å². The third-order valence-electron chi connectivity index (χ3n) is 9.40. The number of hydrogen-bond acceptors (Lipinski definition) is 8. The molecule has 0 fully saturated rings. The number of carbonyl (C=O) groups is 3. The van der Waals surface area contributed by atoms with Gasteiger partial charge in [-0.25, -0.2) is 9.36 Å². The molecule has 0 rings (SSSR count). The number of carboxylic acid groups (broad SMARTS) is 1. The van der Waals surface area contributed by atoms with Crippen LogP contribution in [0.25, 0.3) is 0 Å². The zero-order chi connectivity index (χ0) is 41.4. The standard InChI is InChI=1S/C44H80NO10P/c1-3-5-7-9-11-13-15-17-19-20-21-22-23-25-27-29-31-33-35-42(47)45-41(44(49)50)39-55-56(51,52)54-38-40(46)37-53-43(48)36-34-32-30-28-26-24-18-16-14-12-10-8-6-4-2/h10,12,16,18-20,40-41,46H,3-9,11,13-15,17,21-39H2,1-2H3,(H,45,47)(H,49,50)(H,51,52)/b12-10-,18-16-,20-19-. The number of amides is 1. The van der Waals surface area contributed by atoms with Crippen LogP contribution in [-0.4, -0.2) is 64.9 Å². The summed E-state index contributed by atoms with van der Waals surface area (Å²) in [6, 6.07) is -1.55. The van der Waals surface area contributed by atoms with Crippen LogP contribution in [0.3, 0.4) is 0 Å². The summed E-state index contributed by atoms with van der Waals surface area (Å²) in [5, 5.41) is 21.8. The van der Waals surface area contributed by atoms with Crippen molar-refractivity contribution < 1.29 is 47.8 Å². The van der Waals surface area contributed by atoms with E-state index >= 15 is 0 Å². The van der Waals surface area contributed by atoms with Crippen molar-refractivity contribution in [2.45, 2.75) is 206 Å². The van der Waals surface area contributed by atoms with E-state index in [1.54, 1.807) is 0 Å². The largest absolute Gasteiger partial charge is 0.480 e. The molecule has 1 amide bonds. The van der Waals surface area contributed by atoms with Crippen LogP contribution in [0.2, 0.25) is 0 Å². The molecule has 0 aromatic rings. The van der Waals surface area contributed by atoms with Gasteiger partial charge < -0.3 is 25.2 Å². The van der Waals surface area contributed by atoms with Gasteiger partial charge in [0.25, 0.3) is 0 Å². The number of hydrogen-bond donors (Lipinski definition) is 4. The molecule has 3 unspecified atom stereocenters. The van der Waals surface area contributed by atoms with Crippen LogP contribution < -0.4 is 5.32 Å².